The highest BCUT2D eigenvalue weighted by molar-refractivity contribution is 6.42. The fourth-order valence-corrected chi connectivity index (χ4v) is 3.30. The number of likely N-dealkylation sites (N-methyl/N-ethyl adjacent to an activating group) is 1. The highest BCUT2D eigenvalue weighted by atomic mass is 35.5. The molecule has 0 aliphatic carbocycles. The van der Waals surface area contributed by atoms with E-state index >= 15 is 0 Å². The molecular weight excluding hydrogens is 417 g/mol. The molecule has 6 heteroatoms. The summed E-state index contributed by atoms with van der Waals surface area (Å²) in [5.74, 6) is -0.283. The van der Waals surface area contributed by atoms with Crippen LogP contribution in [0.4, 0.5) is 0 Å². The van der Waals surface area contributed by atoms with Crippen molar-refractivity contribution in [2.45, 2.75) is 25.3 Å². The maximum Gasteiger partial charge on any atom is 0.310 e. The van der Waals surface area contributed by atoms with E-state index in [1.165, 1.54) is 0 Å². The third kappa shape index (κ3) is 6.52. The van der Waals surface area contributed by atoms with E-state index in [0.717, 1.165) is 11.1 Å². The molecular formula is C22H24Cl3NO2. The number of hydrogen-bond acceptors (Lipinski definition) is 3. The summed E-state index contributed by atoms with van der Waals surface area (Å²) in [4.78, 5) is 14.5. The quantitative estimate of drug-likeness (QED) is 0.362. The first kappa shape index (κ1) is 22.8. The Morgan fingerprint density at radius 3 is 2.36 bits per heavy atom. The highest BCUT2D eigenvalue weighted by Crippen LogP contribution is 2.27. The van der Waals surface area contributed by atoms with Gasteiger partial charge in [0.1, 0.15) is 6.61 Å². The molecule has 2 aromatic rings. The fraction of sp³-hybridized carbons (Fsp3) is 0.318. The summed E-state index contributed by atoms with van der Waals surface area (Å²) in [5.41, 5.74) is 1.45. The summed E-state index contributed by atoms with van der Waals surface area (Å²) in [6.07, 6.45) is 2.66. The maximum atomic E-state index is 12.3. The molecule has 0 saturated carbocycles. The van der Waals surface area contributed by atoms with Crippen molar-refractivity contribution in [3.63, 3.8) is 0 Å². The molecule has 0 aliphatic rings. The molecule has 0 aromatic heterocycles. The van der Waals surface area contributed by atoms with Gasteiger partial charge in [-0.1, -0.05) is 59.1 Å². The number of esters is 1. The minimum Gasteiger partial charge on any atom is -0.463 e. The number of rotatable bonds is 9. The Kier molecular flexibility index (Phi) is 8.38. The number of carbonyl (C=O) groups excluding carboxylic acids is 1. The zero-order chi connectivity index (χ0) is 20.7. The lowest BCUT2D eigenvalue weighted by atomic mass is 9.92. The monoisotopic (exact) mass is 439 g/mol. The minimum absolute atomic E-state index is 0.200. The number of ether oxygens (including phenoxy) is 1. The van der Waals surface area contributed by atoms with Crippen molar-refractivity contribution in [1.82, 2.24) is 4.90 Å². The van der Waals surface area contributed by atoms with E-state index in [2.05, 4.69) is 18.4 Å². The topological polar surface area (TPSA) is 29.5 Å². The van der Waals surface area contributed by atoms with E-state index in [4.69, 9.17) is 39.5 Å². The van der Waals surface area contributed by atoms with Crippen LogP contribution in [0.2, 0.25) is 15.1 Å². The molecule has 28 heavy (non-hydrogen) atoms. The Labute approximate surface area is 181 Å². The van der Waals surface area contributed by atoms with Crippen LogP contribution in [-0.2, 0) is 22.4 Å². The van der Waals surface area contributed by atoms with Crippen LogP contribution in [0.1, 0.15) is 18.1 Å². The number of nitrogens with zero attached hydrogens (tertiary/aromatic N) is 1. The zero-order valence-electron chi connectivity index (χ0n) is 16.1. The Morgan fingerprint density at radius 1 is 1.11 bits per heavy atom. The highest BCUT2D eigenvalue weighted by Gasteiger charge is 2.31. The fourth-order valence-electron chi connectivity index (χ4n) is 2.86. The molecule has 0 fully saturated rings. The molecule has 0 radical (unpaired) electrons. The van der Waals surface area contributed by atoms with Gasteiger partial charge in [-0.3, -0.25) is 9.69 Å². The molecule has 3 nitrogen and oxygen atoms in total. The minimum atomic E-state index is -0.430. The third-order valence-corrected chi connectivity index (χ3v) is 5.69. The first-order valence-corrected chi connectivity index (χ1v) is 10.0. The van der Waals surface area contributed by atoms with E-state index in [9.17, 15) is 4.79 Å². The smallest absolute Gasteiger partial charge is 0.310 e. The molecule has 1 atom stereocenters. The molecule has 150 valence electrons. The molecule has 0 amide bonds. The van der Waals surface area contributed by atoms with Crippen LogP contribution in [-0.4, -0.2) is 36.6 Å². The zero-order valence-corrected chi connectivity index (χ0v) is 18.3. The average molecular weight is 441 g/mol. The van der Waals surface area contributed by atoms with Crippen molar-refractivity contribution in [3.05, 3.63) is 81.3 Å². The molecule has 0 spiro atoms. The molecule has 1 unspecified atom stereocenters. The summed E-state index contributed by atoms with van der Waals surface area (Å²) < 4.78 is 5.63. The van der Waals surface area contributed by atoms with Gasteiger partial charge >= 0.3 is 5.97 Å². The molecule has 0 heterocycles. The van der Waals surface area contributed by atoms with Crippen molar-refractivity contribution < 1.29 is 9.53 Å². The number of halogens is 3. The van der Waals surface area contributed by atoms with Gasteiger partial charge < -0.3 is 4.74 Å². The van der Waals surface area contributed by atoms with Gasteiger partial charge in [-0.05, 0) is 55.8 Å². The second-order valence-electron chi connectivity index (χ2n) is 7.06. The lowest BCUT2D eigenvalue weighted by Gasteiger charge is -2.38. The molecule has 0 aliphatic heterocycles. The van der Waals surface area contributed by atoms with Gasteiger partial charge in [-0.2, -0.15) is 0 Å². The van der Waals surface area contributed by atoms with Crippen LogP contribution in [0.5, 0.6) is 0 Å². The van der Waals surface area contributed by atoms with Crippen LogP contribution < -0.4 is 0 Å². The number of carbonyl (C=O) groups is 1. The lowest BCUT2D eigenvalue weighted by molar-refractivity contribution is -0.146. The van der Waals surface area contributed by atoms with Crippen LogP contribution in [0, 0.1) is 0 Å². The van der Waals surface area contributed by atoms with Gasteiger partial charge in [-0.25, -0.2) is 0 Å². The van der Waals surface area contributed by atoms with E-state index in [1.54, 1.807) is 18.2 Å². The molecule has 2 aromatic carbocycles. The van der Waals surface area contributed by atoms with Gasteiger partial charge in [0.2, 0.25) is 0 Å². The van der Waals surface area contributed by atoms with E-state index < -0.39 is 5.54 Å². The van der Waals surface area contributed by atoms with Crippen molar-refractivity contribution in [2.24, 2.45) is 0 Å². The summed E-state index contributed by atoms with van der Waals surface area (Å²) in [6, 6.07) is 12.7. The SMILES string of the molecule is C=CCN(C)C(C)(COC(=O)Cc1ccc(Cl)cc1)Cc1ccc(Cl)c(Cl)c1. The largest absolute Gasteiger partial charge is 0.463 e. The van der Waals surface area contributed by atoms with Gasteiger partial charge in [-0.15, -0.1) is 6.58 Å². The Morgan fingerprint density at radius 2 is 1.75 bits per heavy atom. The van der Waals surface area contributed by atoms with Crippen molar-refractivity contribution in [2.75, 3.05) is 20.2 Å². The lowest BCUT2D eigenvalue weighted by Crippen LogP contribution is -2.50. The Bertz CT molecular complexity index is 823. The standard InChI is InChI=1S/C22H24Cl3NO2/c1-4-11-26(3)22(2,14-17-7-10-19(24)20(25)12-17)15-28-21(27)13-16-5-8-18(23)9-6-16/h4-10,12H,1,11,13-15H2,2-3H3. The van der Waals surface area contributed by atoms with Crippen molar-refractivity contribution >= 4 is 40.8 Å². The average Bonchev–Trinajstić information content (AvgIpc) is 2.65. The second kappa shape index (κ2) is 10.3. The van der Waals surface area contributed by atoms with Gasteiger partial charge in [0.25, 0.3) is 0 Å². The molecule has 0 N–H and O–H groups in total. The Hall–Kier alpha value is -1.52. The summed E-state index contributed by atoms with van der Waals surface area (Å²) in [6.45, 7) is 6.76. The number of hydrogen-bond donors (Lipinski definition) is 0. The van der Waals surface area contributed by atoms with Crippen LogP contribution in [0.15, 0.2) is 55.1 Å². The molecule has 0 saturated heterocycles. The predicted octanol–water partition coefficient (Wildman–Crippen LogP) is 5.85. The van der Waals surface area contributed by atoms with Gasteiger partial charge in [0, 0.05) is 11.6 Å². The first-order valence-electron chi connectivity index (χ1n) is 8.89. The molecule has 0 bridgehead atoms. The predicted molar refractivity (Wildman–Crippen MR) is 118 cm³/mol. The second-order valence-corrected chi connectivity index (χ2v) is 8.31. The van der Waals surface area contributed by atoms with E-state index in [-0.39, 0.29) is 19.0 Å². The van der Waals surface area contributed by atoms with Crippen molar-refractivity contribution in [1.29, 1.82) is 0 Å². The van der Waals surface area contributed by atoms with Crippen LogP contribution in [0.25, 0.3) is 0 Å². The third-order valence-electron chi connectivity index (χ3n) is 4.70. The van der Waals surface area contributed by atoms with Gasteiger partial charge in [0.05, 0.1) is 22.0 Å². The normalized spacial score (nSPS) is 13.2. The molecule has 2 rings (SSSR count). The summed E-state index contributed by atoms with van der Waals surface area (Å²) in [7, 11) is 1.98. The van der Waals surface area contributed by atoms with Gasteiger partial charge in [0.15, 0.2) is 0 Å². The van der Waals surface area contributed by atoms with Crippen LogP contribution >= 0.6 is 34.8 Å². The first-order chi connectivity index (χ1) is 13.2. The van der Waals surface area contributed by atoms with Crippen LogP contribution in [0.3, 0.4) is 0 Å². The van der Waals surface area contributed by atoms with Crippen molar-refractivity contribution in [3.8, 4) is 0 Å². The number of benzene rings is 2. The Balaban J connectivity index is 2.08. The van der Waals surface area contributed by atoms with E-state index in [1.807, 2.05) is 37.4 Å². The summed E-state index contributed by atoms with van der Waals surface area (Å²) in [5, 5.41) is 1.66. The summed E-state index contributed by atoms with van der Waals surface area (Å²) >= 11 is 18.1. The maximum absolute atomic E-state index is 12.3. The van der Waals surface area contributed by atoms with E-state index in [0.29, 0.717) is 28.0 Å².